The van der Waals surface area contributed by atoms with Crippen LogP contribution >= 0.6 is 11.6 Å². The van der Waals surface area contributed by atoms with Crippen molar-refractivity contribution in [2.24, 2.45) is 0 Å². The van der Waals surface area contributed by atoms with Crippen LogP contribution < -0.4 is 0 Å². The number of benzene rings is 1. The number of rotatable bonds is 4. The smallest absolute Gasteiger partial charge is 0.207 e. The first kappa shape index (κ1) is 15.8. The zero-order valence-corrected chi connectivity index (χ0v) is 13.7. The van der Waals surface area contributed by atoms with E-state index in [4.69, 9.17) is 11.6 Å². The van der Waals surface area contributed by atoms with Gasteiger partial charge < -0.3 is 0 Å². The molecule has 1 atom stereocenters. The van der Waals surface area contributed by atoms with Gasteiger partial charge in [-0.3, -0.25) is 0 Å². The van der Waals surface area contributed by atoms with Crippen molar-refractivity contribution in [2.75, 3.05) is 12.4 Å². The molecule has 1 fully saturated rings. The van der Waals surface area contributed by atoms with Gasteiger partial charge >= 0.3 is 0 Å². The third-order valence-corrected chi connectivity index (χ3v) is 6.27. The maximum atomic E-state index is 12.8. The first-order valence-corrected chi connectivity index (χ1v) is 9.09. The monoisotopic (exact) mass is 315 g/mol. The van der Waals surface area contributed by atoms with Gasteiger partial charge in [0.25, 0.3) is 0 Å². The Bertz CT molecular complexity index is 569. The van der Waals surface area contributed by atoms with Gasteiger partial charge in [0.2, 0.25) is 10.0 Å². The van der Waals surface area contributed by atoms with Crippen molar-refractivity contribution >= 4 is 21.6 Å². The maximum Gasteiger partial charge on any atom is 0.243 e. The molecule has 0 saturated carbocycles. The summed E-state index contributed by atoms with van der Waals surface area (Å²) in [4.78, 5) is 0.405. The summed E-state index contributed by atoms with van der Waals surface area (Å²) >= 11 is 5.82. The number of aryl methyl sites for hydroxylation is 2. The van der Waals surface area contributed by atoms with Crippen molar-refractivity contribution in [1.29, 1.82) is 0 Å². The lowest BCUT2D eigenvalue weighted by molar-refractivity contribution is 0.247. The highest BCUT2D eigenvalue weighted by Crippen LogP contribution is 2.28. The van der Waals surface area contributed by atoms with E-state index in [-0.39, 0.29) is 6.04 Å². The summed E-state index contributed by atoms with van der Waals surface area (Å²) in [5.41, 5.74) is 2.12. The van der Waals surface area contributed by atoms with Gasteiger partial charge in [-0.2, -0.15) is 4.31 Å². The first-order valence-electron chi connectivity index (χ1n) is 7.12. The topological polar surface area (TPSA) is 37.4 Å². The molecule has 3 nitrogen and oxygen atoms in total. The normalized spacial score (nSPS) is 21.1. The molecule has 0 spiro atoms. The first-order chi connectivity index (χ1) is 9.46. The van der Waals surface area contributed by atoms with Crippen molar-refractivity contribution in [3.05, 3.63) is 29.3 Å². The largest absolute Gasteiger partial charge is 0.243 e. The number of hydrogen-bond donors (Lipinski definition) is 0. The van der Waals surface area contributed by atoms with Crippen molar-refractivity contribution < 1.29 is 8.42 Å². The van der Waals surface area contributed by atoms with E-state index in [1.165, 1.54) is 0 Å². The van der Waals surface area contributed by atoms with E-state index in [1.54, 1.807) is 16.4 Å². The highest BCUT2D eigenvalue weighted by molar-refractivity contribution is 7.89. The van der Waals surface area contributed by atoms with Crippen LogP contribution in [0, 0.1) is 13.8 Å². The molecule has 0 aliphatic carbocycles. The molecule has 2 rings (SSSR count). The fourth-order valence-corrected chi connectivity index (χ4v) is 4.78. The summed E-state index contributed by atoms with van der Waals surface area (Å²) in [6.45, 7) is 4.54. The Hall–Kier alpha value is -0.580. The Morgan fingerprint density at radius 1 is 1.25 bits per heavy atom. The van der Waals surface area contributed by atoms with Crippen LogP contribution in [-0.2, 0) is 10.0 Å². The number of hydrogen-bond acceptors (Lipinski definition) is 2. The minimum Gasteiger partial charge on any atom is -0.207 e. The number of piperidine rings is 1. The van der Waals surface area contributed by atoms with Crippen LogP contribution in [0.5, 0.6) is 0 Å². The van der Waals surface area contributed by atoms with Gasteiger partial charge in [-0.05, 0) is 56.4 Å². The molecule has 1 aromatic carbocycles. The maximum absolute atomic E-state index is 12.8. The summed E-state index contributed by atoms with van der Waals surface area (Å²) < 4.78 is 27.3. The third kappa shape index (κ3) is 3.18. The minimum atomic E-state index is -3.40. The van der Waals surface area contributed by atoms with Gasteiger partial charge in [0.1, 0.15) is 0 Å². The van der Waals surface area contributed by atoms with Crippen molar-refractivity contribution in [2.45, 2.75) is 50.5 Å². The Labute approximate surface area is 127 Å². The van der Waals surface area contributed by atoms with Crippen molar-refractivity contribution in [3.8, 4) is 0 Å². The predicted octanol–water partition coefficient (Wildman–Crippen LogP) is 3.48. The molecule has 1 aliphatic rings. The molecule has 1 unspecified atom stereocenters. The average Bonchev–Trinajstić information content (AvgIpc) is 2.42. The predicted molar refractivity (Wildman–Crippen MR) is 82.8 cm³/mol. The minimum absolute atomic E-state index is 0.0489. The summed E-state index contributed by atoms with van der Waals surface area (Å²) in [6, 6.07) is 5.41. The Morgan fingerprint density at radius 3 is 2.65 bits per heavy atom. The fraction of sp³-hybridized carbons (Fsp3) is 0.600. The van der Waals surface area contributed by atoms with Gasteiger partial charge in [-0.15, -0.1) is 11.6 Å². The van der Waals surface area contributed by atoms with Gasteiger partial charge in [0, 0.05) is 18.5 Å². The highest BCUT2D eigenvalue weighted by Gasteiger charge is 2.33. The van der Waals surface area contributed by atoms with Crippen LogP contribution in [0.4, 0.5) is 0 Å². The molecule has 1 heterocycles. The fourth-order valence-electron chi connectivity index (χ4n) is 2.71. The Morgan fingerprint density at radius 2 is 2.00 bits per heavy atom. The molecule has 0 amide bonds. The molecule has 0 radical (unpaired) electrons. The van der Waals surface area contributed by atoms with E-state index in [2.05, 4.69) is 0 Å². The van der Waals surface area contributed by atoms with Crippen molar-refractivity contribution in [3.63, 3.8) is 0 Å². The van der Waals surface area contributed by atoms with Gasteiger partial charge in [-0.25, -0.2) is 8.42 Å². The second-order valence-corrected chi connectivity index (χ2v) is 7.76. The summed E-state index contributed by atoms with van der Waals surface area (Å²) in [6.07, 6.45) is 3.66. The van der Waals surface area contributed by atoms with E-state index in [1.807, 2.05) is 19.9 Å². The van der Waals surface area contributed by atoms with Crippen molar-refractivity contribution in [1.82, 2.24) is 4.31 Å². The second kappa shape index (κ2) is 6.46. The number of nitrogens with zero attached hydrogens (tertiary/aromatic N) is 1. The highest BCUT2D eigenvalue weighted by atomic mass is 35.5. The standard InChI is InChI=1S/C15H22ClNO2S/c1-12-6-7-15(11-13(12)2)20(18,19)17-10-4-3-5-14(17)8-9-16/h6-7,11,14H,3-5,8-10H2,1-2H3. The number of alkyl halides is 1. The lowest BCUT2D eigenvalue weighted by Gasteiger charge is -2.34. The Balaban J connectivity index is 2.34. The van der Waals surface area contributed by atoms with Crippen LogP contribution in [0.25, 0.3) is 0 Å². The molecule has 1 aliphatic heterocycles. The van der Waals surface area contributed by atoms with Gasteiger partial charge in [-0.1, -0.05) is 12.5 Å². The second-order valence-electron chi connectivity index (χ2n) is 5.49. The third-order valence-electron chi connectivity index (χ3n) is 4.10. The van der Waals surface area contributed by atoms with E-state index >= 15 is 0 Å². The number of halogens is 1. The molecule has 20 heavy (non-hydrogen) atoms. The Kier molecular flexibility index (Phi) is 5.10. The lowest BCUT2D eigenvalue weighted by atomic mass is 10.0. The molecule has 5 heteroatoms. The molecule has 1 aromatic rings. The summed E-state index contributed by atoms with van der Waals surface area (Å²) in [7, 11) is -3.40. The molecular formula is C15H22ClNO2S. The van der Waals surface area contributed by atoms with Crippen LogP contribution in [0.1, 0.15) is 36.8 Å². The van der Waals surface area contributed by atoms with E-state index in [0.29, 0.717) is 17.3 Å². The zero-order chi connectivity index (χ0) is 14.8. The average molecular weight is 316 g/mol. The summed E-state index contributed by atoms with van der Waals surface area (Å²) in [5, 5.41) is 0. The van der Waals surface area contributed by atoms with E-state index in [9.17, 15) is 8.42 Å². The zero-order valence-electron chi connectivity index (χ0n) is 12.1. The van der Waals surface area contributed by atoms with Crippen LogP contribution in [-0.4, -0.2) is 31.2 Å². The SMILES string of the molecule is Cc1ccc(S(=O)(=O)N2CCCCC2CCCl)cc1C. The molecule has 0 aromatic heterocycles. The molecule has 1 saturated heterocycles. The van der Waals surface area contributed by atoms with E-state index < -0.39 is 10.0 Å². The van der Waals surface area contributed by atoms with Crippen LogP contribution in [0.3, 0.4) is 0 Å². The van der Waals surface area contributed by atoms with Gasteiger partial charge in [0.15, 0.2) is 0 Å². The molecule has 112 valence electrons. The molecule has 0 bridgehead atoms. The van der Waals surface area contributed by atoms with E-state index in [0.717, 1.165) is 36.8 Å². The summed E-state index contributed by atoms with van der Waals surface area (Å²) in [5.74, 6) is 0.504. The quantitative estimate of drug-likeness (QED) is 0.798. The van der Waals surface area contributed by atoms with Crippen LogP contribution in [0.2, 0.25) is 0 Å². The van der Waals surface area contributed by atoms with Gasteiger partial charge in [0.05, 0.1) is 4.90 Å². The van der Waals surface area contributed by atoms with Crippen LogP contribution in [0.15, 0.2) is 23.1 Å². The number of sulfonamides is 1. The molecule has 0 N–H and O–H groups in total. The molecular weight excluding hydrogens is 294 g/mol. The lowest BCUT2D eigenvalue weighted by Crippen LogP contribution is -2.43.